The number of likely N-dealkylation sites (N-methyl/N-ethyl adjacent to an activating group) is 1. The van der Waals surface area contributed by atoms with Crippen LogP contribution in [0.5, 0.6) is 5.75 Å². The van der Waals surface area contributed by atoms with E-state index >= 15 is 0 Å². The van der Waals surface area contributed by atoms with Crippen molar-refractivity contribution in [2.24, 2.45) is 0 Å². The fraction of sp³-hybridized carbons (Fsp3) is 0.462. The minimum atomic E-state index is -3.74. The van der Waals surface area contributed by atoms with E-state index in [2.05, 4.69) is 22.0 Å². The van der Waals surface area contributed by atoms with Crippen LogP contribution in [0, 0.1) is 11.3 Å². The summed E-state index contributed by atoms with van der Waals surface area (Å²) >= 11 is 0. The number of hydrogen-bond donors (Lipinski definition) is 1. The van der Waals surface area contributed by atoms with Gasteiger partial charge in [-0.2, -0.15) is 9.57 Å². The molecule has 0 aliphatic carbocycles. The molecule has 2 fully saturated rings. The molecule has 37 heavy (non-hydrogen) atoms. The molecule has 198 valence electrons. The molecule has 1 amide bonds. The Morgan fingerprint density at radius 1 is 1.08 bits per heavy atom. The zero-order chi connectivity index (χ0) is 26.4. The number of carbonyl (C=O) groups excluding carboxylic acids is 1. The Labute approximate surface area is 218 Å². The zero-order valence-electron chi connectivity index (χ0n) is 21.2. The van der Waals surface area contributed by atoms with Gasteiger partial charge >= 0.3 is 0 Å². The Bertz CT molecular complexity index is 1230. The van der Waals surface area contributed by atoms with Crippen molar-refractivity contribution in [2.75, 3.05) is 69.2 Å². The molecule has 11 heteroatoms. The quantitative estimate of drug-likeness (QED) is 0.555. The number of anilines is 2. The molecule has 2 aromatic carbocycles. The molecule has 2 saturated heterocycles. The van der Waals surface area contributed by atoms with Gasteiger partial charge in [0.1, 0.15) is 5.75 Å². The number of nitriles is 1. The number of benzene rings is 2. The van der Waals surface area contributed by atoms with Crippen LogP contribution >= 0.6 is 0 Å². The van der Waals surface area contributed by atoms with Crippen LogP contribution in [0.25, 0.3) is 0 Å². The molecular formula is C26H33N5O5S. The lowest BCUT2D eigenvalue weighted by atomic mass is 10.2. The van der Waals surface area contributed by atoms with Gasteiger partial charge in [0.15, 0.2) is 6.10 Å². The summed E-state index contributed by atoms with van der Waals surface area (Å²) in [4.78, 5) is 17.8. The fourth-order valence-corrected chi connectivity index (χ4v) is 5.83. The van der Waals surface area contributed by atoms with Gasteiger partial charge in [-0.1, -0.05) is 6.92 Å². The van der Waals surface area contributed by atoms with Gasteiger partial charge in [-0.05, 0) is 55.9 Å². The lowest BCUT2D eigenvalue weighted by molar-refractivity contribution is -0.122. The van der Waals surface area contributed by atoms with E-state index in [0.29, 0.717) is 43.3 Å². The Balaban J connectivity index is 1.58. The van der Waals surface area contributed by atoms with E-state index in [1.54, 1.807) is 49.4 Å². The number of sulfonamides is 1. The van der Waals surface area contributed by atoms with Crippen molar-refractivity contribution in [2.45, 2.75) is 24.8 Å². The average molecular weight is 528 g/mol. The van der Waals surface area contributed by atoms with E-state index in [9.17, 15) is 13.2 Å². The Morgan fingerprint density at radius 2 is 1.76 bits per heavy atom. The molecule has 0 spiro atoms. The van der Waals surface area contributed by atoms with Crippen LogP contribution < -0.4 is 15.0 Å². The highest BCUT2D eigenvalue weighted by Gasteiger charge is 2.29. The molecule has 2 aromatic rings. The van der Waals surface area contributed by atoms with Crippen molar-refractivity contribution in [1.82, 2.24) is 9.21 Å². The fourth-order valence-electron chi connectivity index (χ4n) is 4.39. The maximum Gasteiger partial charge on any atom is 0.265 e. The minimum Gasteiger partial charge on any atom is -0.481 e. The minimum absolute atomic E-state index is 0.126. The number of nitrogens with zero attached hydrogens (tertiary/aromatic N) is 4. The molecule has 10 nitrogen and oxygen atoms in total. The number of carbonyl (C=O) groups is 1. The van der Waals surface area contributed by atoms with Crippen molar-refractivity contribution in [3.8, 4) is 11.8 Å². The van der Waals surface area contributed by atoms with Crippen molar-refractivity contribution in [3.63, 3.8) is 0 Å². The van der Waals surface area contributed by atoms with E-state index in [1.807, 2.05) is 6.07 Å². The number of ether oxygens (including phenoxy) is 2. The van der Waals surface area contributed by atoms with Crippen LogP contribution in [-0.2, 0) is 19.6 Å². The van der Waals surface area contributed by atoms with Gasteiger partial charge in [-0.15, -0.1) is 0 Å². The maximum atomic E-state index is 13.3. The van der Waals surface area contributed by atoms with Gasteiger partial charge in [0.25, 0.3) is 5.91 Å². The number of hydrogen-bond acceptors (Lipinski definition) is 8. The molecule has 0 aromatic heterocycles. The highest BCUT2D eigenvalue weighted by molar-refractivity contribution is 7.89. The summed E-state index contributed by atoms with van der Waals surface area (Å²) in [6, 6.07) is 13.5. The predicted octanol–water partition coefficient (Wildman–Crippen LogP) is 2.13. The van der Waals surface area contributed by atoms with Gasteiger partial charge < -0.3 is 24.6 Å². The average Bonchev–Trinajstić information content (AvgIpc) is 2.94. The summed E-state index contributed by atoms with van der Waals surface area (Å²) in [6.45, 7) is 9.32. The molecule has 4 rings (SSSR count). The van der Waals surface area contributed by atoms with Crippen molar-refractivity contribution in [1.29, 1.82) is 5.26 Å². The molecule has 2 heterocycles. The Hall–Kier alpha value is -3.17. The summed E-state index contributed by atoms with van der Waals surface area (Å²) in [6.07, 6.45) is -0.850. The van der Waals surface area contributed by atoms with Crippen LogP contribution in [0.15, 0.2) is 47.4 Å². The molecule has 2 aliphatic rings. The van der Waals surface area contributed by atoms with Crippen LogP contribution in [0.1, 0.15) is 19.4 Å². The highest BCUT2D eigenvalue weighted by atomic mass is 32.2. The second-order valence-electron chi connectivity index (χ2n) is 9.00. The largest absolute Gasteiger partial charge is 0.481 e. The molecular weight excluding hydrogens is 494 g/mol. The summed E-state index contributed by atoms with van der Waals surface area (Å²) in [5, 5.41) is 11.9. The first-order valence-electron chi connectivity index (χ1n) is 12.5. The van der Waals surface area contributed by atoms with Crippen LogP contribution in [0.3, 0.4) is 0 Å². The predicted molar refractivity (Wildman–Crippen MR) is 140 cm³/mol. The Morgan fingerprint density at radius 3 is 2.38 bits per heavy atom. The lowest BCUT2D eigenvalue weighted by Crippen LogP contribution is -2.46. The first kappa shape index (κ1) is 26.9. The van der Waals surface area contributed by atoms with Crippen LogP contribution in [0.4, 0.5) is 11.4 Å². The van der Waals surface area contributed by atoms with E-state index in [1.165, 1.54) is 4.31 Å². The third-order valence-corrected chi connectivity index (χ3v) is 8.55. The standard InChI is InChI=1S/C26H33N5O5S/c1-3-29-10-12-30(13-11-29)25-9-8-23(37(33,34)31-14-16-35-17-15-31)18-24(25)28-26(32)20(2)36-22-6-4-21(19-27)5-7-22/h4-9,18,20H,3,10-17H2,1-2H3,(H,28,32)/t20-/m0/s1. The monoisotopic (exact) mass is 527 g/mol. The molecule has 0 saturated carbocycles. The number of piperazine rings is 1. The molecule has 0 unspecified atom stereocenters. The van der Waals surface area contributed by atoms with E-state index in [-0.39, 0.29) is 4.90 Å². The van der Waals surface area contributed by atoms with Gasteiger partial charge in [0.05, 0.1) is 41.1 Å². The molecule has 1 atom stereocenters. The summed E-state index contributed by atoms with van der Waals surface area (Å²) in [5.41, 5.74) is 1.70. The number of rotatable bonds is 8. The van der Waals surface area contributed by atoms with Crippen molar-refractivity contribution >= 4 is 27.3 Å². The molecule has 2 aliphatic heterocycles. The van der Waals surface area contributed by atoms with Crippen molar-refractivity contribution < 1.29 is 22.7 Å². The second-order valence-corrected chi connectivity index (χ2v) is 10.9. The van der Waals surface area contributed by atoms with Gasteiger partial charge in [-0.3, -0.25) is 4.79 Å². The lowest BCUT2D eigenvalue weighted by Gasteiger charge is -2.36. The number of amides is 1. The number of morpholine rings is 1. The van der Waals surface area contributed by atoms with E-state index in [0.717, 1.165) is 38.4 Å². The topological polar surface area (TPSA) is 115 Å². The first-order valence-corrected chi connectivity index (χ1v) is 13.9. The van der Waals surface area contributed by atoms with E-state index < -0.39 is 22.0 Å². The normalized spacial score (nSPS) is 18.1. The summed E-state index contributed by atoms with van der Waals surface area (Å²) in [5.74, 6) is 0.0555. The maximum absolute atomic E-state index is 13.3. The SMILES string of the molecule is CCN1CCN(c2ccc(S(=O)(=O)N3CCOCC3)cc2NC(=O)[C@H](C)Oc2ccc(C#N)cc2)CC1. The zero-order valence-corrected chi connectivity index (χ0v) is 22.0. The highest BCUT2D eigenvalue weighted by Crippen LogP contribution is 2.31. The van der Waals surface area contributed by atoms with Crippen LogP contribution in [0.2, 0.25) is 0 Å². The van der Waals surface area contributed by atoms with Gasteiger partial charge in [0.2, 0.25) is 10.0 Å². The second kappa shape index (κ2) is 11.9. The van der Waals surface area contributed by atoms with Crippen molar-refractivity contribution in [3.05, 3.63) is 48.0 Å². The third kappa shape index (κ3) is 6.40. The summed E-state index contributed by atoms with van der Waals surface area (Å²) in [7, 11) is -3.74. The van der Waals surface area contributed by atoms with Gasteiger partial charge in [0, 0.05) is 39.3 Å². The number of nitrogens with one attached hydrogen (secondary N) is 1. The summed E-state index contributed by atoms with van der Waals surface area (Å²) < 4.78 is 39.1. The molecule has 0 bridgehead atoms. The van der Waals surface area contributed by atoms with E-state index in [4.69, 9.17) is 14.7 Å². The third-order valence-electron chi connectivity index (χ3n) is 6.66. The van der Waals surface area contributed by atoms with Gasteiger partial charge in [-0.25, -0.2) is 8.42 Å². The molecule has 0 radical (unpaired) electrons. The first-order chi connectivity index (χ1) is 17.8. The van der Waals surface area contributed by atoms with Crippen LogP contribution in [-0.4, -0.2) is 88.7 Å². The smallest absolute Gasteiger partial charge is 0.265 e. The molecule has 1 N–H and O–H groups in total. The Kier molecular flexibility index (Phi) is 8.66.